The molecule has 0 heteroatoms. The van der Waals surface area contributed by atoms with Crippen LogP contribution in [0.2, 0.25) is 0 Å². The summed E-state index contributed by atoms with van der Waals surface area (Å²) in [6.45, 7) is 4.79. The molecule has 12 rings (SSSR count). The van der Waals surface area contributed by atoms with Crippen molar-refractivity contribution >= 4 is 53.9 Å². The van der Waals surface area contributed by atoms with Crippen molar-refractivity contribution < 1.29 is 0 Å². The van der Waals surface area contributed by atoms with Gasteiger partial charge in [0.25, 0.3) is 0 Å². The molecule has 0 fully saturated rings. The molecule has 0 aromatic heterocycles. The van der Waals surface area contributed by atoms with Gasteiger partial charge in [0.15, 0.2) is 0 Å². The van der Waals surface area contributed by atoms with E-state index in [2.05, 4.69) is 220 Å². The molecular weight excluding hydrogens is 709 g/mol. The van der Waals surface area contributed by atoms with Crippen LogP contribution in [0.15, 0.2) is 206 Å². The van der Waals surface area contributed by atoms with Gasteiger partial charge >= 0.3 is 0 Å². The fraction of sp³-hybridized carbons (Fsp3) is 0.0508. The lowest BCUT2D eigenvalue weighted by Gasteiger charge is -2.24. The van der Waals surface area contributed by atoms with Gasteiger partial charge in [0.1, 0.15) is 0 Å². The second-order valence-corrected chi connectivity index (χ2v) is 16.9. The van der Waals surface area contributed by atoms with Crippen molar-refractivity contribution in [2.75, 3.05) is 0 Å². The van der Waals surface area contributed by atoms with Gasteiger partial charge in [-0.2, -0.15) is 0 Å². The Morgan fingerprint density at radius 3 is 1.25 bits per heavy atom. The van der Waals surface area contributed by atoms with Crippen LogP contribution in [0.1, 0.15) is 25.0 Å². The second kappa shape index (κ2) is 12.9. The molecule has 0 bridgehead atoms. The van der Waals surface area contributed by atoms with E-state index in [1.807, 2.05) is 0 Å². The molecule has 0 amide bonds. The highest BCUT2D eigenvalue weighted by Crippen LogP contribution is 2.53. The Hall–Kier alpha value is -7.28. The van der Waals surface area contributed by atoms with Crippen molar-refractivity contribution in [3.05, 3.63) is 217 Å². The van der Waals surface area contributed by atoms with Crippen LogP contribution in [0.25, 0.3) is 109 Å². The van der Waals surface area contributed by atoms with Gasteiger partial charge in [-0.15, -0.1) is 0 Å². The molecule has 0 saturated heterocycles. The third-order valence-electron chi connectivity index (χ3n) is 13.2. The molecule has 1 aliphatic carbocycles. The molecule has 0 saturated carbocycles. The second-order valence-electron chi connectivity index (χ2n) is 16.9. The third-order valence-corrected chi connectivity index (χ3v) is 13.2. The quantitative estimate of drug-likeness (QED) is 0.157. The number of hydrogen-bond acceptors (Lipinski definition) is 0. The SMILES string of the molecule is CC1(C)c2ccccc2-c2cc3c(-c4ccc5ccccc5c4)c4ccc(-c5ccc(-c6ccc7ccccc7c6)cc5)cc4c(-c4ccc5ccccc5c4)c3cc21. The van der Waals surface area contributed by atoms with Crippen LogP contribution in [-0.4, -0.2) is 0 Å². The van der Waals surface area contributed by atoms with E-state index in [4.69, 9.17) is 0 Å². The summed E-state index contributed by atoms with van der Waals surface area (Å²) in [6, 6.07) is 77.2. The van der Waals surface area contributed by atoms with Crippen LogP contribution >= 0.6 is 0 Å². The molecule has 0 heterocycles. The summed E-state index contributed by atoms with van der Waals surface area (Å²) in [4.78, 5) is 0. The normalized spacial score (nSPS) is 13.1. The van der Waals surface area contributed by atoms with Crippen molar-refractivity contribution in [2.45, 2.75) is 19.3 Å². The fourth-order valence-electron chi connectivity index (χ4n) is 10.1. The number of rotatable bonds is 4. The van der Waals surface area contributed by atoms with Gasteiger partial charge in [-0.3, -0.25) is 0 Å². The highest BCUT2D eigenvalue weighted by atomic mass is 14.4. The predicted octanol–water partition coefficient (Wildman–Crippen LogP) is 16.4. The fourth-order valence-corrected chi connectivity index (χ4v) is 10.1. The maximum absolute atomic E-state index is 2.55. The minimum Gasteiger partial charge on any atom is -0.0619 e. The first-order chi connectivity index (χ1) is 29.0. The van der Waals surface area contributed by atoms with Crippen LogP contribution in [0.5, 0.6) is 0 Å². The van der Waals surface area contributed by atoms with E-state index in [0.717, 1.165) is 0 Å². The summed E-state index contributed by atoms with van der Waals surface area (Å²) in [6.07, 6.45) is 0. The van der Waals surface area contributed by atoms with E-state index >= 15 is 0 Å². The zero-order valence-electron chi connectivity index (χ0n) is 33.1. The Bertz CT molecular complexity index is 3510. The van der Waals surface area contributed by atoms with Crippen molar-refractivity contribution in [2.24, 2.45) is 0 Å². The number of hydrogen-bond donors (Lipinski definition) is 0. The lowest BCUT2D eigenvalue weighted by molar-refractivity contribution is 0.661. The first-order valence-electron chi connectivity index (χ1n) is 20.7. The zero-order chi connectivity index (χ0) is 39.2. The average molecular weight is 749 g/mol. The molecule has 0 aliphatic heterocycles. The number of fused-ring (bicyclic) bond motifs is 8. The highest BCUT2D eigenvalue weighted by Gasteiger charge is 2.36. The van der Waals surface area contributed by atoms with Gasteiger partial charge < -0.3 is 0 Å². The highest BCUT2D eigenvalue weighted by molar-refractivity contribution is 6.23. The predicted molar refractivity (Wildman–Crippen MR) is 253 cm³/mol. The minimum atomic E-state index is -0.131. The van der Waals surface area contributed by atoms with Crippen molar-refractivity contribution in [1.29, 1.82) is 0 Å². The molecule has 0 radical (unpaired) electrons. The summed E-state index contributed by atoms with van der Waals surface area (Å²) in [5, 5.41) is 12.6. The van der Waals surface area contributed by atoms with E-state index in [1.54, 1.807) is 0 Å². The molecule has 0 unspecified atom stereocenters. The standard InChI is InChI=1S/C59H40/c1-59(2)55-18-10-9-17-49(55)51-35-53-54(36-56(51)59)58(48-28-25-39-13-5-8-16-44(39)33-48)52-34-46(29-30-50(52)57(53)47-27-24-38-12-4-7-15-43(38)32-47)41-21-19-40(20-22-41)45-26-23-37-11-3-6-14-42(37)31-45/h3-36H,1-2H3. The molecule has 1 aliphatic rings. The molecule has 276 valence electrons. The summed E-state index contributed by atoms with van der Waals surface area (Å²) in [5.41, 5.74) is 15.2. The van der Waals surface area contributed by atoms with Gasteiger partial charge in [-0.05, 0) is 157 Å². The average Bonchev–Trinajstić information content (AvgIpc) is 3.51. The minimum absolute atomic E-state index is 0.131. The van der Waals surface area contributed by atoms with Crippen LogP contribution in [0, 0.1) is 0 Å². The molecule has 59 heavy (non-hydrogen) atoms. The van der Waals surface area contributed by atoms with E-state index in [1.165, 1.54) is 121 Å². The Morgan fingerprint density at radius 1 is 0.254 bits per heavy atom. The molecule has 11 aromatic rings. The van der Waals surface area contributed by atoms with Crippen molar-refractivity contribution in [3.63, 3.8) is 0 Å². The zero-order valence-corrected chi connectivity index (χ0v) is 33.1. The van der Waals surface area contributed by atoms with Crippen LogP contribution in [0.3, 0.4) is 0 Å². The van der Waals surface area contributed by atoms with Crippen molar-refractivity contribution in [3.8, 4) is 55.6 Å². The summed E-state index contributed by atoms with van der Waals surface area (Å²) < 4.78 is 0. The van der Waals surface area contributed by atoms with E-state index in [-0.39, 0.29) is 5.41 Å². The maximum Gasteiger partial charge on any atom is 0.0159 e. The van der Waals surface area contributed by atoms with Crippen molar-refractivity contribution in [1.82, 2.24) is 0 Å². The van der Waals surface area contributed by atoms with E-state index in [9.17, 15) is 0 Å². The molecule has 0 N–H and O–H groups in total. The Balaban J connectivity index is 1.15. The third kappa shape index (κ3) is 5.30. The Labute approximate surface area is 344 Å². The first kappa shape index (κ1) is 33.8. The molecule has 0 spiro atoms. The summed E-state index contributed by atoms with van der Waals surface area (Å²) in [7, 11) is 0. The smallest absolute Gasteiger partial charge is 0.0159 e. The summed E-state index contributed by atoms with van der Waals surface area (Å²) >= 11 is 0. The van der Waals surface area contributed by atoms with Crippen LogP contribution in [0.4, 0.5) is 0 Å². The Kier molecular flexibility index (Phi) is 7.38. The largest absolute Gasteiger partial charge is 0.0619 e. The van der Waals surface area contributed by atoms with Crippen LogP contribution < -0.4 is 0 Å². The Morgan fingerprint density at radius 2 is 0.661 bits per heavy atom. The lowest BCUT2D eigenvalue weighted by Crippen LogP contribution is -2.14. The maximum atomic E-state index is 2.55. The number of benzene rings is 11. The van der Waals surface area contributed by atoms with Gasteiger partial charge in [-0.1, -0.05) is 184 Å². The van der Waals surface area contributed by atoms with Gasteiger partial charge in [0, 0.05) is 5.41 Å². The first-order valence-corrected chi connectivity index (χ1v) is 20.7. The summed E-state index contributed by atoms with van der Waals surface area (Å²) in [5.74, 6) is 0. The van der Waals surface area contributed by atoms with Gasteiger partial charge in [0.2, 0.25) is 0 Å². The lowest BCUT2D eigenvalue weighted by atomic mass is 9.79. The topological polar surface area (TPSA) is 0 Å². The molecule has 0 atom stereocenters. The van der Waals surface area contributed by atoms with Gasteiger partial charge in [0.05, 0.1) is 0 Å². The van der Waals surface area contributed by atoms with E-state index < -0.39 is 0 Å². The van der Waals surface area contributed by atoms with E-state index in [0.29, 0.717) is 0 Å². The molecule has 0 nitrogen and oxygen atoms in total. The monoisotopic (exact) mass is 748 g/mol. The van der Waals surface area contributed by atoms with Gasteiger partial charge in [-0.25, -0.2) is 0 Å². The molecule has 11 aromatic carbocycles. The van der Waals surface area contributed by atoms with Crippen LogP contribution in [-0.2, 0) is 5.41 Å². The molecular formula is C59H40.